The Bertz CT molecular complexity index is 454. The van der Waals surface area contributed by atoms with Crippen molar-refractivity contribution < 1.29 is 9.72 Å². The van der Waals surface area contributed by atoms with Crippen LogP contribution in [0.25, 0.3) is 0 Å². The molecule has 96 valence electrons. The van der Waals surface area contributed by atoms with Crippen LogP contribution in [0.2, 0.25) is 0 Å². The number of hydrogen-bond donors (Lipinski definition) is 2. The number of non-ortho nitro benzene ring substituents is 1. The molecule has 1 aromatic carbocycles. The molecule has 1 unspecified atom stereocenters. The molecular formula is C12H15N3O3. The van der Waals surface area contributed by atoms with Gasteiger partial charge in [0, 0.05) is 30.3 Å². The SMILES string of the molecule is NC(CC(=O)Nc1ccc([N+](=O)[O-])cc1)C1CC1. The molecule has 0 saturated heterocycles. The van der Waals surface area contributed by atoms with Gasteiger partial charge in [0.2, 0.25) is 5.91 Å². The average Bonchev–Trinajstić information content (AvgIpc) is 3.13. The summed E-state index contributed by atoms with van der Waals surface area (Å²) in [6.07, 6.45) is 2.50. The second kappa shape index (κ2) is 5.14. The molecule has 1 saturated carbocycles. The van der Waals surface area contributed by atoms with Gasteiger partial charge in [-0.15, -0.1) is 0 Å². The normalized spacial score (nSPS) is 16.1. The van der Waals surface area contributed by atoms with Crippen LogP contribution in [0.5, 0.6) is 0 Å². The highest BCUT2D eigenvalue weighted by Gasteiger charge is 2.29. The third-order valence-corrected chi connectivity index (χ3v) is 3.01. The summed E-state index contributed by atoms with van der Waals surface area (Å²) < 4.78 is 0. The van der Waals surface area contributed by atoms with Crippen LogP contribution in [0.1, 0.15) is 19.3 Å². The number of nitro benzene ring substituents is 1. The topological polar surface area (TPSA) is 98.3 Å². The molecule has 2 rings (SSSR count). The second-order valence-corrected chi connectivity index (χ2v) is 4.56. The molecule has 18 heavy (non-hydrogen) atoms. The summed E-state index contributed by atoms with van der Waals surface area (Å²) in [7, 11) is 0. The summed E-state index contributed by atoms with van der Waals surface area (Å²) in [6, 6.07) is 5.66. The van der Waals surface area contributed by atoms with E-state index in [0.717, 1.165) is 12.8 Å². The molecule has 0 bridgehead atoms. The zero-order valence-electron chi connectivity index (χ0n) is 9.83. The first-order valence-electron chi connectivity index (χ1n) is 5.86. The van der Waals surface area contributed by atoms with Crippen LogP contribution in [-0.2, 0) is 4.79 Å². The fraction of sp³-hybridized carbons (Fsp3) is 0.417. The summed E-state index contributed by atoms with van der Waals surface area (Å²) in [5.41, 5.74) is 6.40. The highest BCUT2D eigenvalue weighted by molar-refractivity contribution is 5.91. The molecule has 1 fully saturated rings. The molecule has 1 atom stereocenters. The Hall–Kier alpha value is -1.95. The Morgan fingerprint density at radius 3 is 2.56 bits per heavy atom. The summed E-state index contributed by atoms with van der Waals surface area (Å²) in [4.78, 5) is 21.6. The number of nitrogens with two attached hydrogens (primary N) is 1. The predicted molar refractivity (Wildman–Crippen MR) is 67.0 cm³/mol. The third kappa shape index (κ3) is 3.27. The van der Waals surface area contributed by atoms with Crippen molar-refractivity contribution in [3.05, 3.63) is 34.4 Å². The molecule has 0 radical (unpaired) electrons. The average molecular weight is 249 g/mol. The fourth-order valence-electron chi connectivity index (χ4n) is 1.78. The van der Waals surface area contributed by atoms with E-state index in [4.69, 9.17) is 5.73 Å². The number of nitrogens with zero attached hydrogens (tertiary/aromatic N) is 1. The minimum Gasteiger partial charge on any atom is -0.327 e. The van der Waals surface area contributed by atoms with Crippen LogP contribution in [0.15, 0.2) is 24.3 Å². The van der Waals surface area contributed by atoms with E-state index < -0.39 is 4.92 Å². The van der Waals surface area contributed by atoms with Gasteiger partial charge in [0.1, 0.15) is 0 Å². The van der Waals surface area contributed by atoms with Gasteiger partial charge in [-0.05, 0) is 30.9 Å². The van der Waals surface area contributed by atoms with Crippen molar-refractivity contribution in [1.82, 2.24) is 0 Å². The second-order valence-electron chi connectivity index (χ2n) is 4.56. The van der Waals surface area contributed by atoms with Gasteiger partial charge in [-0.25, -0.2) is 0 Å². The molecule has 0 heterocycles. The maximum Gasteiger partial charge on any atom is 0.269 e. The Morgan fingerprint density at radius 2 is 2.06 bits per heavy atom. The number of benzene rings is 1. The van der Waals surface area contributed by atoms with Crippen molar-refractivity contribution in [3.63, 3.8) is 0 Å². The number of nitro groups is 1. The molecule has 0 aliphatic heterocycles. The maximum absolute atomic E-state index is 11.6. The first kappa shape index (κ1) is 12.5. The summed E-state index contributed by atoms with van der Waals surface area (Å²) in [6.45, 7) is 0. The molecule has 0 aromatic heterocycles. The van der Waals surface area contributed by atoms with Crippen LogP contribution in [0.4, 0.5) is 11.4 Å². The summed E-state index contributed by atoms with van der Waals surface area (Å²) in [5, 5.41) is 13.1. The van der Waals surface area contributed by atoms with Crippen molar-refractivity contribution >= 4 is 17.3 Å². The van der Waals surface area contributed by atoms with Crippen LogP contribution in [0.3, 0.4) is 0 Å². The van der Waals surface area contributed by atoms with Crippen molar-refractivity contribution in [2.24, 2.45) is 11.7 Å². The Labute approximate surface area is 104 Å². The smallest absolute Gasteiger partial charge is 0.269 e. The van der Waals surface area contributed by atoms with Crippen molar-refractivity contribution in [3.8, 4) is 0 Å². The molecule has 1 amide bonds. The van der Waals surface area contributed by atoms with Gasteiger partial charge in [-0.2, -0.15) is 0 Å². The highest BCUT2D eigenvalue weighted by atomic mass is 16.6. The Balaban J connectivity index is 1.88. The van der Waals surface area contributed by atoms with E-state index in [2.05, 4.69) is 5.32 Å². The van der Waals surface area contributed by atoms with Crippen molar-refractivity contribution in [2.75, 3.05) is 5.32 Å². The summed E-state index contributed by atoms with van der Waals surface area (Å²) in [5.74, 6) is 0.330. The summed E-state index contributed by atoms with van der Waals surface area (Å²) >= 11 is 0. The van der Waals surface area contributed by atoms with Crippen molar-refractivity contribution in [2.45, 2.75) is 25.3 Å². The van der Waals surface area contributed by atoms with Gasteiger partial charge < -0.3 is 11.1 Å². The van der Waals surface area contributed by atoms with Crippen molar-refractivity contribution in [1.29, 1.82) is 0 Å². The van der Waals surface area contributed by atoms with Gasteiger partial charge >= 0.3 is 0 Å². The van der Waals surface area contributed by atoms with E-state index in [1.807, 2.05) is 0 Å². The minimum atomic E-state index is -0.478. The standard InChI is InChI=1S/C12H15N3O3/c13-11(8-1-2-8)7-12(16)14-9-3-5-10(6-4-9)15(17)18/h3-6,8,11H,1-2,7,13H2,(H,14,16). The first-order valence-corrected chi connectivity index (χ1v) is 5.86. The Kier molecular flexibility index (Phi) is 3.57. The zero-order valence-corrected chi connectivity index (χ0v) is 9.83. The number of amides is 1. The van der Waals surface area contributed by atoms with Crippen LogP contribution < -0.4 is 11.1 Å². The van der Waals surface area contributed by atoms with Gasteiger partial charge in [-0.1, -0.05) is 0 Å². The van der Waals surface area contributed by atoms with E-state index >= 15 is 0 Å². The number of nitrogens with one attached hydrogen (secondary N) is 1. The zero-order chi connectivity index (χ0) is 13.1. The van der Waals surface area contributed by atoms with Gasteiger partial charge in [0.05, 0.1) is 4.92 Å². The minimum absolute atomic E-state index is 0.00248. The molecule has 0 spiro atoms. The molecular weight excluding hydrogens is 234 g/mol. The monoisotopic (exact) mass is 249 g/mol. The number of carbonyl (C=O) groups is 1. The van der Waals surface area contributed by atoms with Gasteiger partial charge in [-0.3, -0.25) is 14.9 Å². The third-order valence-electron chi connectivity index (χ3n) is 3.01. The van der Waals surface area contributed by atoms with Crippen LogP contribution >= 0.6 is 0 Å². The Morgan fingerprint density at radius 1 is 1.44 bits per heavy atom. The quantitative estimate of drug-likeness (QED) is 0.612. The molecule has 6 heteroatoms. The predicted octanol–water partition coefficient (Wildman–Crippen LogP) is 1.66. The number of hydrogen-bond acceptors (Lipinski definition) is 4. The highest BCUT2D eigenvalue weighted by Crippen LogP contribution is 2.32. The first-order chi connectivity index (χ1) is 8.56. The van der Waals surface area contributed by atoms with E-state index in [1.165, 1.54) is 24.3 Å². The van der Waals surface area contributed by atoms with E-state index in [9.17, 15) is 14.9 Å². The molecule has 3 N–H and O–H groups in total. The number of carbonyl (C=O) groups excluding carboxylic acids is 1. The van der Waals surface area contributed by atoms with E-state index in [1.54, 1.807) is 0 Å². The van der Waals surface area contributed by atoms with Gasteiger partial charge in [0.25, 0.3) is 5.69 Å². The lowest BCUT2D eigenvalue weighted by Gasteiger charge is -2.10. The molecule has 1 aromatic rings. The lowest BCUT2D eigenvalue weighted by molar-refractivity contribution is -0.384. The lowest BCUT2D eigenvalue weighted by Crippen LogP contribution is -2.28. The lowest BCUT2D eigenvalue weighted by atomic mass is 10.1. The molecule has 1 aliphatic carbocycles. The van der Waals surface area contributed by atoms with E-state index in [-0.39, 0.29) is 17.6 Å². The largest absolute Gasteiger partial charge is 0.327 e. The molecule has 6 nitrogen and oxygen atoms in total. The van der Waals surface area contributed by atoms with Crippen LogP contribution in [-0.4, -0.2) is 16.9 Å². The number of anilines is 1. The maximum atomic E-state index is 11.6. The van der Waals surface area contributed by atoms with Crippen LogP contribution in [0, 0.1) is 16.0 Å². The fourth-order valence-corrected chi connectivity index (χ4v) is 1.78. The number of rotatable bonds is 5. The van der Waals surface area contributed by atoms with E-state index in [0.29, 0.717) is 18.0 Å². The van der Waals surface area contributed by atoms with Gasteiger partial charge in [0.15, 0.2) is 0 Å². The molecule has 1 aliphatic rings.